The lowest BCUT2D eigenvalue weighted by molar-refractivity contribution is -0.122. The van der Waals surface area contributed by atoms with Crippen molar-refractivity contribution >= 4 is 34.8 Å². The molecule has 3 aromatic rings. The summed E-state index contributed by atoms with van der Waals surface area (Å²) in [5.41, 5.74) is 3.61. The number of rotatable bonds is 5. The van der Waals surface area contributed by atoms with E-state index in [1.54, 1.807) is 43.3 Å². The Morgan fingerprint density at radius 1 is 0.939 bits per heavy atom. The quantitative estimate of drug-likeness (QED) is 0.598. The van der Waals surface area contributed by atoms with Crippen molar-refractivity contribution in [2.45, 2.75) is 20.3 Å². The van der Waals surface area contributed by atoms with Gasteiger partial charge in [0.15, 0.2) is 0 Å². The third kappa shape index (κ3) is 5.09. The van der Waals surface area contributed by atoms with E-state index in [4.69, 9.17) is 0 Å². The maximum absolute atomic E-state index is 14.0. The normalized spacial score (nSPS) is 15.4. The number of hydrogen-bond acceptors (Lipinski definition) is 3. The van der Waals surface area contributed by atoms with Crippen molar-refractivity contribution in [3.63, 3.8) is 0 Å². The van der Waals surface area contributed by atoms with E-state index in [0.29, 0.717) is 16.9 Å². The maximum atomic E-state index is 14.0. The van der Waals surface area contributed by atoms with Gasteiger partial charge in [0.1, 0.15) is 5.82 Å². The SMILES string of the molecule is Cc1ccc(NC(=O)c2cccc(N3C[C@H](C(=O)Nc4cc(C)ccc4F)CC3=O)c2)cc1. The smallest absolute Gasteiger partial charge is 0.255 e. The lowest BCUT2D eigenvalue weighted by atomic mass is 10.1. The van der Waals surface area contributed by atoms with Crippen LogP contribution in [0.1, 0.15) is 27.9 Å². The highest BCUT2D eigenvalue weighted by Crippen LogP contribution is 2.27. The first kappa shape index (κ1) is 22.2. The predicted molar refractivity (Wildman–Crippen MR) is 126 cm³/mol. The highest BCUT2D eigenvalue weighted by molar-refractivity contribution is 6.07. The average molecular weight is 445 g/mol. The Kier molecular flexibility index (Phi) is 6.22. The Hall–Kier alpha value is -4.00. The number of anilines is 3. The van der Waals surface area contributed by atoms with Gasteiger partial charge in [-0.3, -0.25) is 14.4 Å². The van der Waals surface area contributed by atoms with Crippen molar-refractivity contribution in [2.24, 2.45) is 5.92 Å². The minimum Gasteiger partial charge on any atom is -0.323 e. The molecule has 1 saturated heterocycles. The molecule has 0 saturated carbocycles. The monoisotopic (exact) mass is 445 g/mol. The number of nitrogens with one attached hydrogen (secondary N) is 2. The zero-order valence-corrected chi connectivity index (χ0v) is 18.4. The second kappa shape index (κ2) is 9.24. The standard InChI is InChI=1S/C26H24FN3O3/c1-16-6-9-20(10-7-16)28-25(32)18-4-3-5-21(13-18)30-15-19(14-24(30)31)26(33)29-23-12-17(2)8-11-22(23)27/h3-13,19H,14-15H2,1-2H3,(H,28,32)(H,29,33)/t19-/m1/s1. The number of carbonyl (C=O) groups is 3. The number of benzene rings is 3. The summed E-state index contributed by atoms with van der Waals surface area (Å²) in [6.45, 7) is 3.92. The third-order valence-corrected chi connectivity index (χ3v) is 5.61. The zero-order valence-electron chi connectivity index (χ0n) is 18.4. The average Bonchev–Trinajstić information content (AvgIpc) is 3.19. The van der Waals surface area contributed by atoms with E-state index < -0.39 is 17.6 Å². The molecule has 0 unspecified atom stereocenters. The van der Waals surface area contributed by atoms with Gasteiger partial charge in [-0.15, -0.1) is 0 Å². The Balaban J connectivity index is 1.45. The molecule has 3 amide bonds. The van der Waals surface area contributed by atoms with Crippen LogP contribution in [0.2, 0.25) is 0 Å². The minimum absolute atomic E-state index is 0.0130. The number of carbonyl (C=O) groups excluding carboxylic acids is 3. The van der Waals surface area contributed by atoms with E-state index in [9.17, 15) is 18.8 Å². The van der Waals surface area contributed by atoms with Crippen LogP contribution in [0.15, 0.2) is 66.7 Å². The van der Waals surface area contributed by atoms with Crippen molar-refractivity contribution in [1.82, 2.24) is 0 Å². The number of nitrogens with zero attached hydrogens (tertiary/aromatic N) is 1. The topological polar surface area (TPSA) is 78.5 Å². The van der Waals surface area contributed by atoms with Crippen LogP contribution in [0, 0.1) is 25.6 Å². The van der Waals surface area contributed by atoms with Crippen molar-refractivity contribution in [3.05, 3.63) is 89.2 Å². The van der Waals surface area contributed by atoms with Gasteiger partial charge in [-0.2, -0.15) is 0 Å². The van der Waals surface area contributed by atoms with Crippen LogP contribution in [0.3, 0.4) is 0 Å². The van der Waals surface area contributed by atoms with Crippen LogP contribution >= 0.6 is 0 Å². The molecule has 1 heterocycles. The van der Waals surface area contributed by atoms with Crippen molar-refractivity contribution < 1.29 is 18.8 Å². The molecule has 7 heteroatoms. The van der Waals surface area contributed by atoms with Crippen LogP contribution in [0.25, 0.3) is 0 Å². The number of halogens is 1. The van der Waals surface area contributed by atoms with Gasteiger partial charge in [-0.25, -0.2) is 4.39 Å². The van der Waals surface area contributed by atoms with Crippen LogP contribution < -0.4 is 15.5 Å². The summed E-state index contributed by atoms with van der Waals surface area (Å²) >= 11 is 0. The first-order chi connectivity index (χ1) is 15.8. The highest BCUT2D eigenvalue weighted by atomic mass is 19.1. The van der Waals surface area contributed by atoms with E-state index in [1.165, 1.54) is 11.0 Å². The first-order valence-electron chi connectivity index (χ1n) is 10.7. The number of aryl methyl sites for hydroxylation is 2. The molecule has 0 spiro atoms. The van der Waals surface area contributed by atoms with Gasteiger partial charge >= 0.3 is 0 Å². The molecule has 0 radical (unpaired) electrons. The molecule has 1 fully saturated rings. The Labute approximate surface area is 191 Å². The number of amides is 3. The van der Waals surface area contributed by atoms with Crippen LogP contribution in [-0.4, -0.2) is 24.3 Å². The fourth-order valence-corrected chi connectivity index (χ4v) is 3.76. The second-order valence-corrected chi connectivity index (χ2v) is 8.25. The van der Waals surface area contributed by atoms with Crippen LogP contribution in [0.4, 0.5) is 21.5 Å². The summed E-state index contributed by atoms with van der Waals surface area (Å²) in [6.07, 6.45) is 0.0130. The molecule has 168 valence electrons. The Morgan fingerprint density at radius 2 is 1.67 bits per heavy atom. The van der Waals surface area contributed by atoms with Crippen LogP contribution in [-0.2, 0) is 9.59 Å². The van der Waals surface area contributed by atoms with E-state index in [2.05, 4.69) is 10.6 Å². The number of hydrogen-bond donors (Lipinski definition) is 2. The van der Waals surface area contributed by atoms with E-state index >= 15 is 0 Å². The summed E-state index contributed by atoms with van der Waals surface area (Å²) < 4.78 is 14.0. The molecule has 0 aliphatic carbocycles. The third-order valence-electron chi connectivity index (χ3n) is 5.61. The van der Waals surface area contributed by atoms with Gasteiger partial charge in [0, 0.05) is 29.9 Å². The van der Waals surface area contributed by atoms with E-state index in [-0.39, 0.29) is 30.5 Å². The molecule has 6 nitrogen and oxygen atoms in total. The Morgan fingerprint density at radius 3 is 2.42 bits per heavy atom. The molecule has 4 rings (SSSR count). The first-order valence-corrected chi connectivity index (χ1v) is 10.7. The zero-order chi connectivity index (χ0) is 23.5. The van der Waals surface area contributed by atoms with Gasteiger partial charge in [0.2, 0.25) is 11.8 Å². The van der Waals surface area contributed by atoms with Crippen LogP contribution in [0.5, 0.6) is 0 Å². The molecular weight excluding hydrogens is 421 g/mol. The van der Waals surface area contributed by atoms with E-state index in [1.807, 2.05) is 31.2 Å². The van der Waals surface area contributed by atoms with Crippen molar-refractivity contribution in [1.29, 1.82) is 0 Å². The fraction of sp³-hybridized carbons (Fsp3) is 0.192. The van der Waals surface area contributed by atoms with Gasteiger partial charge in [0.05, 0.1) is 11.6 Å². The molecule has 2 N–H and O–H groups in total. The summed E-state index contributed by atoms with van der Waals surface area (Å²) in [5, 5.41) is 5.43. The molecule has 1 atom stereocenters. The maximum Gasteiger partial charge on any atom is 0.255 e. The van der Waals surface area contributed by atoms with Gasteiger partial charge in [-0.05, 0) is 61.9 Å². The van der Waals surface area contributed by atoms with Crippen molar-refractivity contribution in [2.75, 3.05) is 22.1 Å². The second-order valence-electron chi connectivity index (χ2n) is 8.25. The lowest BCUT2D eigenvalue weighted by Crippen LogP contribution is -2.28. The molecule has 33 heavy (non-hydrogen) atoms. The molecular formula is C26H24FN3O3. The van der Waals surface area contributed by atoms with Gasteiger partial charge in [0.25, 0.3) is 5.91 Å². The predicted octanol–water partition coefficient (Wildman–Crippen LogP) is 4.69. The highest BCUT2D eigenvalue weighted by Gasteiger charge is 2.35. The summed E-state index contributed by atoms with van der Waals surface area (Å²) in [6, 6.07) is 18.6. The van der Waals surface area contributed by atoms with Crippen molar-refractivity contribution in [3.8, 4) is 0 Å². The molecule has 1 aliphatic rings. The Bertz CT molecular complexity index is 1220. The minimum atomic E-state index is -0.623. The summed E-state index contributed by atoms with van der Waals surface area (Å²) in [7, 11) is 0. The molecule has 0 aromatic heterocycles. The largest absolute Gasteiger partial charge is 0.323 e. The van der Waals surface area contributed by atoms with Gasteiger partial charge in [-0.1, -0.05) is 29.8 Å². The summed E-state index contributed by atoms with van der Waals surface area (Å²) in [4.78, 5) is 39.5. The van der Waals surface area contributed by atoms with E-state index in [0.717, 1.165) is 11.1 Å². The van der Waals surface area contributed by atoms with Gasteiger partial charge < -0.3 is 15.5 Å². The fourth-order valence-electron chi connectivity index (χ4n) is 3.76. The lowest BCUT2D eigenvalue weighted by Gasteiger charge is -2.18. The molecule has 0 bridgehead atoms. The molecule has 3 aromatic carbocycles. The summed E-state index contributed by atoms with van der Waals surface area (Å²) in [5.74, 6) is -2.08. The molecule has 1 aliphatic heterocycles.